The van der Waals surface area contributed by atoms with Gasteiger partial charge >= 0.3 is 0 Å². The molecular formula is C17H27N3. The fraction of sp³-hybridized carbons (Fsp3) is 0.647. The van der Waals surface area contributed by atoms with E-state index in [-0.39, 0.29) is 0 Å². The highest BCUT2D eigenvalue weighted by Crippen LogP contribution is 2.23. The number of nitrogens with one attached hydrogen (secondary N) is 1. The highest BCUT2D eigenvalue weighted by molar-refractivity contribution is 5.37. The maximum Gasteiger partial charge on any atom is 0.0351 e. The van der Waals surface area contributed by atoms with E-state index in [0.29, 0.717) is 0 Å². The summed E-state index contributed by atoms with van der Waals surface area (Å²) in [5.41, 5.74) is 5.82. The van der Waals surface area contributed by atoms with Gasteiger partial charge in [0.2, 0.25) is 0 Å². The van der Waals surface area contributed by atoms with Crippen LogP contribution in [0.1, 0.15) is 22.3 Å². The molecule has 1 aromatic rings. The van der Waals surface area contributed by atoms with E-state index < -0.39 is 0 Å². The maximum absolute atomic E-state index is 3.43. The van der Waals surface area contributed by atoms with Crippen molar-refractivity contribution < 1.29 is 0 Å². The Kier molecular flexibility index (Phi) is 4.11. The van der Waals surface area contributed by atoms with Gasteiger partial charge in [0.15, 0.2) is 0 Å². The van der Waals surface area contributed by atoms with Crippen molar-refractivity contribution in [1.82, 2.24) is 15.1 Å². The zero-order chi connectivity index (χ0) is 14.1. The maximum atomic E-state index is 3.43. The molecule has 2 saturated heterocycles. The van der Waals surface area contributed by atoms with Crippen molar-refractivity contribution in [1.29, 1.82) is 0 Å². The summed E-state index contributed by atoms with van der Waals surface area (Å²) in [7, 11) is 0. The van der Waals surface area contributed by atoms with Crippen molar-refractivity contribution in [2.45, 2.75) is 33.4 Å². The van der Waals surface area contributed by atoms with E-state index >= 15 is 0 Å². The molecule has 0 atom stereocenters. The SMILES string of the molecule is Cc1cc(C)c(CN2CC(N3CCNCC3)C2)c(C)c1. The standard InChI is InChI=1S/C17H27N3/c1-13-8-14(2)17(15(3)9-13)12-19-10-16(11-19)20-6-4-18-5-7-20/h8-9,16,18H,4-7,10-12H2,1-3H3. The van der Waals surface area contributed by atoms with Crippen molar-refractivity contribution in [2.24, 2.45) is 0 Å². The minimum absolute atomic E-state index is 0.795. The normalized spacial score (nSPS) is 21.9. The lowest BCUT2D eigenvalue weighted by molar-refractivity contribution is 0.0221. The summed E-state index contributed by atoms with van der Waals surface area (Å²) in [6.45, 7) is 15.1. The Morgan fingerprint density at radius 3 is 2.25 bits per heavy atom. The largest absolute Gasteiger partial charge is 0.314 e. The first-order valence-corrected chi connectivity index (χ1v) is 7.87. The fourth-order valence-electron chi connectivity index (χ4n) is 3.63. The van der Waals surface area contributed by atoms with E-state index in [1.165, 1.54) is 48.4 Å². The van der Waals surface area contributed by atoms with Crippen molar-refractivity contribution in [3.63, 3.8) is 0 Å². The Bertz CT molecular complexity index is 448. The molecule has 1 N–H and O–H groups in total. The minimum atomic E-state index is 0.795. The van der Waals surface area contributed by atoms with Gasteiger partial charge in [-0.05, 0) is 37.5 Å². The van der Waals surface area contributed by atoms with Crippen LogP contribution >= 0.6 is 0 Å². The van der Waals surface area contributed by atoms with Crippen LogP contribution in [0, 0.1) is 20.8 Å². The molecule has 0 aliphatic carbocycles. The lowest BCUT2D eigenvalue weighted by Gasteiger charge is -2.47. The van der Waals surface area contributed by atoms with Crippen LogP contribution in [0.2, 0.25) is 0 Å². The van der Waals surface area contributed by atoms with Gasteiger partial charge in [-0.3, -0.25) is 9.80 Å². The van der Waals surface area contributed by atoms with Crippen molar-refractivity contribution in [2.75, 3.05) is 39.3 Å². The Hall–Kier alpha value is -0.900. The Morgan fingerprint density at radius 2 is 1.65 bits per heavy atom. The second kappa shape index (κ2) is 5.84. The topological polar surface area (TPSA) is 18.5 Å². The van der Waals surface area contributed by atoms with Crippen molar-refractivity contribution in [3.05, 3.63) is 34.4 Å². The van der Waals surface area contributed by atoms with Crippen LogP contribution < -0.4 is 5.32 Å². The molecular weight excluding hydrogens is 246 g/mol. The van der Waals surface area contributed by atoms with Gasteiger partial charge in [0.1, 0.15) is 0 Å². The molecule has 0 bridgehead atoms. The van der Waals surface area contributed by atoms with E-state index in [1.807, 2.05) is 0 Å². The third-order valence-corrected chi connectivity index (χ3v) is 4.83. The van der Waals surface area contributed by atoms with Gasteiger partial charge in [0, 0.05) is 51.9 Å². The van der Waals surface area contributed by atoms with E-state index in [2.05, 4.69) is 48.0 Å². The number of rotatable bonds is 3. The summed E-state index contributed by atoms with van der Waals surface area (Å²) in [6.07, 6.45) is 0. The van der Waals surface area contributed by atoms with Crippen LogP contribution in [0.4, 0.5) is 0 Å². The molecule has 110 valence electrons. The molecule has 2 heterocycles. The highest BCUT2D eigenvalue weighted by atomic mass is 15.3. The predicted octanol–water partition coefficient (Wildman–Crippen LogP) is 1.70. The van der Waals surface area contributed by atoms with E-state index in [4.69, 9.17) is 0 Å². The molecule has 20 heavy (non-hydrogen) atoms. The van der Waals surface area contributed by atoms with Gasteiger partial charge in [-0.25, -0.2) is 0 Å². The molecule has 0 spiro atoms. The van der Waals surface area contributed by atoms with E-state index in [9.17, 15) is 0 Å². The first kappa shape index (κ1) is 14.1. The molecule has 0 amide bonds. The first-order valence-electron chi connectivity index (χ1n) is 7.87. The van der Waals surface area contributed by atoms with Crippen LogP contribution in [0.3, 0.4) is 0 Å². The number of likely N-dealkylation sites (tertiary alicyclic amines) is 1. The van der Waals surface area contributed by atoms with Crippen LogP contribution in [-0.4, -0.2) is 55.1 Å². The molecule has 3 rings (SSSR count). The molecule has 0 radical (unpaired) electrons. The minimum Gasteiger partial charge on any atom is -0.314 e. The van der Waals surface area contributed by atoms with Gasteiger partial charge in [0.05, 0.1) is 0 Å². The van der Waals surface area contributed by atoms with Crippen LogP contribution in [0.5, 0.6) is 0 Å². The van der Waals surface area contributed by atoms with Gasteiger partial charge in [-0.2, -0.15) is 0 Å². The number of aryl methyl sites for hydroxylation is 3. The number of hydrogen-bond donors (Lipinski definition) is 1. The molecule has 3 nitrogen and oxygen atoms in total. The van der Waals surface area contributed by atoms with Gasteiger partial charge < -0.3 is 5.32 Å². The predicted molar refractivity (Wildman–Crippen MR) is 84.2 cm³/mol. The van der Waals surface area contributed by atoms with Crippen molar-refractivity contribution >= 4 is 0 Å². The monoisotopic (exact) mass is 273 g/mol. The first-order chi connectivity index (χ1) is 9.63. The van der Waals surface area contributed by atoms with Crippen LogP contribution in [-0.2, 0) is 6.54 Å². The summed E-state index contributed by atoms with van der Waals surface area (Å²) in [4.78, 5) is 5.25. The lowest BCUT2D eigenvalue weighted by atomic mass is 9.97. The quantitative estimate of drug-likeness (QED) is 0.904. The summed E-state index contributed by atoms with van der Waals surface area (Å²) >= 11 is 0. The van der Waals surface area contributed by atoms with Gasteiger partial charge in [-0.1, -0.05) is 17.7 Å². The zero-order valence-electron chi connectivity index (χ0n) is 13.1. The van der Waals surface area contributed by atoms with Crippen LogP contribution in [0.25, 0.3) is 0 Å². The Morgan fingerprint density at radius 1 is 1.05 bits per heavy atom. The number of nitrogens with zero attached hydrogens (tertiary/aromatic N) is 2. The molecule has 1 aromatic carbocycles. The summed E-state index contributed by atoms with van der Waals surface area (Å²) in [5, 5.41) is 3.43. The second-order valence-corrected chi connectivity index (χ2v) is 6.51. The molecule has 3 heteroatoms. The Balaban J connectivity index is 1.56. The number of hydrogen-bond acceptors (Lipinski definition) is 3. The lowest BCUT2D eigenvalue weighted by Crippen LogP contribution is -2.62. The molecule has 2 fully saturated rings. The van der Waals surface area contributed by atoms with Crippen molar-refractivity contribution in [3.8, 4) is 0 Å². The molecule has 2 aliphatic rings. The van der Waals surface area contributed by atoms with E-state index in [1.54, 1.807) is 0 Å². The number of piperazine rings is 1. The third kappa shape index (κ3) is 2.90. The third-order valence-electron chi connectivity index (χ3n) is 4.83. The molecule has 0 aromatic heterocycles. The summed E-state index contributed by atoms with van der Waals surface area (Å²) in [6, 6.07) is 5.43. The van der Waals surface area contributed by atoms with Gasteiger partial charge in [0.25, 0.3) is 0 Å². The average Bonchev–Trinajstić information content (AvgIpc) is 2.36. The van der Waals surface area contributed by atoms with E-state index in [0.717, 1.165) is 25.7 Å². The summed E-state index contributed by atoms with van der Waals surface area (Å²) < 4.78 is 0. The highest BCUT2D eigenvalue weighted by Gasteiger charge is 2.32. The smallest absolute Gasteiger partial charge is 0.0351 e. The summed E-state index contributed by atoms with van der Waals surface area (Å²) in [5.74, 6) is 0. The van der Waals surface area contributed by atoms with Crippen LogP contribution in [0.15, 0.2) is 12.1 Å². The fourth-order valence-corrected chi connectivity index (χ4v) is 3.63. The molecule has 2 aliphatic heterocycles. The van der Waals surface area contributed by atoms with Gasteiger partial charge in [-0.15, -0.1) is 0 Å². The zero-order valence-corrected chi connectivity index (χ0v) is 13.1. The second-order valence-electron chi connectivity index (χ2n) is 6.51. The molecule has 0 unspecified atom stereocenters. The molecule has 0 saturated carbocycles. The number of benzene rings is 1. The Labute approximate surface area is 123 Å². The average molecular weight is 273 g/mol.